The molecule has 0 amide bonds. The molecule has 6 aromatic rings. The van der Waals surface area contributed by atoms with E-state index in [4.69, 9.17) is 4.98 Å². The van der Waals surface area contributed by atoms with Crippen molar-refractivity contribution >= 4 is 32.4 Å². The Morgan fingerprint density at radius 2 is 1.07 bits per heavy atom. The molecule has 140 valence electrons. The number of aromatic nitrogens is 3. The molecule has 0 unspecified atom stereocenters. The van der Waals surface area contributed by atoms with Gasteiger partial charge < -0.3 is 0 Å². The van der Waals surface area contributed by atoms with Crippen LogP contribution < -0.4 is 0 Å². The molecule has 0 radical (unpaired) electrons. The Morgan fingerprint density at radius 1 is 0.467 bits per heavy atom. The van der Waals surface area contributed by atoms with Crippen molar-refractivity contribution in [1.82, 2.24) is 15.0 Å². The summed E-state index contributed by atoms with van der Waals surface area (Å²) in [5.41, 5.74) is 5.54. The molecule has 0 aliphatic carbocycles. The van der Waals surface area contributed by atoms with Gasteiger partial charge in [-0.3, -0.25) is 15.0 Å². The van der Waals surface area contributed by atoms with E-state index >= 15 is 0 Å². The number of hydrogen-bond acceptors (Lipinski definition) is 3. The number of fused-ring (bicyclic) bond motifs is 4. The number of para-hydroxylation sites is 1. The normalized spacial score (nSPS) is 11.3. The molecule has 3 aromatic carbocycles. The third-order valence-corrected chi connectivity index (χ3v) is 5.66. The number of rotatable bonds is 2. The second kappa shape index (κ2) is 6.75. The molecule has 0 saturated heterocycles. The summed E-state index contributed by atoms with van der Waals surface area (Å²) in [6, 6.07) is 25.2. The number of pyridine rings is 3. The van der Waals surface area contributed by atoms with Crippen LogP contribution in [0.5, 0.6) is 0 Å². The molecule has 3 aromatic heterocycles. The Morgan fingerprint density at radius 3 is 1.73 bits per heavy atom. The van der Waals surface area contributed by atoms with Gasteiger partial charge in [-0.1, -0.05) is 54.6 Å². The summed E-state index contributed by atoms with van der Waals surface area (Å²) in [6.45, 7) is 0. The Balaban J connectivity index is 1.93. The summed E-state index contributed by atoms with van der Waals surface area (Å²) in [6.07, 6.45) is 9.51. The Kier molecular flexibility index (Phi) is 3.78. The number of hydrogen-bond donors (Lipinski definition) is 0. The lowest BCUT2D eigenvalue weighted by Gasteiger charge is -2.18. The van der Waals surface area contributed by atoms with E-state index in [1.54, 1.807) is 0 Å². The third-order valence-electron chi connectivity index (χ3n) is 5.66. The maximum absolute atomic E-state index is 4.80. The van der Waals surface area contributed by atoms with E-state index < -0.39 is 0 Å². The zero-order valence-corrected chi connectivity index (χ0v) is 16.2. The molecule has 0 N–H and O–H groups in total. The van der Waals surface area contributed by atoms with Gasteiger partial charge in [0.1, 0.15) is 0 Å². The maximum Gasteiger partial charge on any atom is 0.0708 e. The predicted molar refractivity (Wildman–Crippen MR) is 123 cm³/mol. The monoisotopic (exact) mass is 383 g/mol. The van der Waals surface area contributed by atoms with Crippen LogP contribution in [0.2, 0.25) is 0 Å². The standard InChI is InChI=1S/C27H17N3/c1-2-10-21-20(9-1)25(18-7-5-13-28-15-18)23-17-30-24-12-4-3-11-22(24)27(23)26(21)19-8-6-14-29-16-19/h1-17H. The van der Waals surface area contributed by atoms with E-state index in [1.165, 1.54) is 27.3 Å². The molecule has 0 spiro atoms. The summed E-state index contributed by atoms with van der Waals surface area (Å²) in [7, 11) is 0. The fourth-order valence-electron chi connectivity index (χ4n) is 4.43. The Labute approximate surface area is 173 Å². The van der Waals surface area contributed by atoms with Crippen LogP contribution in [0.3, 0.4) is 0 Å². The van der Waals surface area contributed by atoms with E-state index in [0.29, 0.717) is 0 Å². The van der Waals surface area contributed by atoms with E-state index in [2.05, 4.69) is 64.6 Å². The van der Waals surface area contributed by atoms with Crippen LogP contribution in [-0.2, 0) is 0 Å². The molecule has 30 heavy (non-hydrogen) atoms. The highest BCUT2D eigenvalue weighted by Crippen LogP contribution is 2.45. The molecule has 0 fully saturated rings. The second-order valence-electron chi connectivity index (χ2n) is 7.34. The first kappa shape index (κ1) is 16.8. The van der Waals surface area contributed by atoms with Gasteiger partial charge >= 0.3 is 0 Å². The second-order valence-corrected chi connectivity index (χ2v) is 7.34. The summed E-state index contributed by atoms with van der Waals surface area (Å²) in [5.74, 6) is 0. The van der Waals surface area contributed by atoms with Gasteiger partial charge in [0.2, 0.25) is 0 Å². The maximum atomic E-state index is 4.80. The van der Waals surface area contributed by atoms with Crippen molar-refractivity contribution in [3.8, 4) is 22.3 Å². The van der Waals surface area contributed by atoms with Gasteiger partial charge in [0.05, 0.1) is 5.52 Å². The van der Waals surface area contributed by atoms with Gasteiger partial charge in [0, 0.05) is 63.8 Å². The van der Waals surface area contributed by atoms with Gasteiger partial charge in [0.25, 0.3) is 0 Å². The highest BCUT2D eigenvalue weighted by Gasteiger charge is 2.18. The van der Waals surface area contributed by atoms with Crippen LogP contribution in [0.1, 0.15) is 0 Å². The van der Waals surface area contributed by atoms with Crippen molar-refractivity contribution in [2.75, 3.05) is 0 Å². The molecule has 3 heteroatoms. The van der Waals surface area contributed by atoms with Crippen LogP contribution in [0, 0.1) is 0 Å². The van der Waals surface area contributed by atoms with Crippen molar-refractivity contribution in [1.29, 1.82) is 0 Å². The van der Waals surface area contributed by atoms with Crippen LogP contribution in [0.4, 0.5) is 0 Å². The molecule has 0 saturated carbocycles. The van der Waals surface area contributed by atoms with E-state index in [0.717, 1.165) is 27.4 Å². The first-order valence-electron chi connectivity index (χ1n) is 9.95. The molecule has 0 atom stereocenters. The molecule has 0 aliphatic rings. The Bertz CT molecular complexity index is 1520. The summed E-state index contributed by atoms with van der Waals surface area (Å²) in [4.78, 5) is 13.6. The first-order chi connectivity index (χ1) is 14.9. The predicted octanol–water partition coefficient (Wildman–Crippen LogP) is 6.67. The van der Waals surface area contributed by atoms with Gasteiger partial charge in [-0.15, -0.1) is 0 Å². The summed E-state index contributed by atoms with van der Waals surface area (Å²) >= 11 is 0. The fourth-order valence-corrected chi connectivity index (χ4v) is 4.43. The average Bonchev–Trinajstić information content (AvgIpc) is 2.83. The van der Waals surface area contributed by atoms with Gasteiger partial charge in [-0.05, 0) is 34.5 Å². The molecular formula is C27H17N3. The molecule has 0 aliphatic heterocycles. The van der Waals surface area contributed by atoms with Crippen molar-refractivity contribution < 1.29 is 0 Å². The van der Waals surface area contributed by atoms with E-state index in [1.807, 2.05) is 49.2 Å². The SMILES string of the molecule is c1cncc(-c2c3ccccc3c(-c3cccnc3)c3c2cnc2ccccc23)c1. The molecular weight excluding hydrogens is 366 g/mol. The minimum atomic E-state index is 0.988. The molecule has 3 heterocycles. The topological polar surface area (TPSA) is 38.7 Å². The number of benzene rings is 3. The molecule has 0 bridgehead atoms. The van der Waals surface area contributed by atoms with Gasteiger partial charge in [0.15, 0.2) is 0 Å². The van der Waals surface area contributed by atoms with Crippen molar-refractivity contribution in [3.05, 3.63) is 104 Å². The fraction of sp³-hybridized carbons (Fsp3) is 0. The van der Waals surface area contributed by atoms with Gasteiger partial charge in [-0.2, -0.15) is 0 Å². The van der Waals surface area contributed by atoms with E-state index in [9.17, 15) is 0 Å². The van der Waals surface area contributed by atoms with E-state index in [-0.39, 0.29) is 0 Å². The van der Waals surface area contributed by atoms with Crippen LogP contribution >= 0.6 is 0 Å². The minimum Gasteiger partial charge on any atom is -0.264 e. The average molecular weight is 383 g/mol. The first-order valence-corrected chi connectivity index (χ1v) is 9.95. The summed E-state index contributed by atoms with van der Waals surface area (Å²) in [5, 5.41) is 5.86. The van der Waals surface area contributed by atoms with Crippen LogP contribution in [0.25, 0.3) is 54.7 Å². The van der Waals surface area contributed by atoms with Crippen LogP contribution in [0.15, 0.2) is 104 Å². The van der Waals surface area contributed by atoms with Crippen molar-refractivity contribution in [2.24, 2.45) is 0 Å². The molecule has 3 nitrogen and oxygen atoms in total. The quantitative estimate of drug-likeness (QED) is 0.248. The smallest absolute Gasteiger partial charge is 0.0708 e. The van der Waals surface area contributed by atoms with Crippen LogP contribution in [-0.4, -0.2) is 15.0 Å². The lowest BCUT2D eigenvalue weighted by Crippen LogP contribution is -1.93. The molecule has 6 rings (SSSR count). The zero-order chi connectivity index (χ0) is 19.9. The lowest BCUT2D eigenvalue weighted by molar-refractivity contribution is 1.33. The third kappa shape index (κ3) is 2.49. The van der Waals surface area contributed by atoms with Gasteiger partial charge in [-0.25, -0.2) is 0 Å². The van der Waals surface area contributed by atoms with Crippen molar-refractivity contribution in [2.45, 2.75) is 0 Å². The Hall–Kier alpha value is -4.11. The summed E-state index contributed by atoms with van der Waals surface area (Å²) < 4.78 is 0. The lowest BCUT2D eigenvalue weighted by atomic mass is 9.86. The minimum absolute atomic E-state index is 0.988. The zero-order valence-electron chi connectivity index (χ0n) is 16.2. The highest BCUT2D eigenvalue weighted by molar-refractivity contribution is 6.27. The number of nitrogens with zero attached hydrogens (tertiary/aromatic N) is 3. The van der Waals surface area contributed by atoms with Crippen molar-refractivity contribution in [3.63, 3.8) is 0 Å². The highest BCUT2D eigenvalue weighted by atomic mass is 14.7. The largest absolute Gasteiger partial charge is 0.264 e.